The van der Waals surface area contributed by atoms with Crippen LogP contribution in [0, 0.1) is 24.0 Å². The third-order valence-corrected chi connectivity index (χ3v) is 2.27. The maximum Gasteiger partial charge on any atom is 0.293 e. The fourth-order valence-corrected chi connectivity index (χ4v) is 1.25. The Labute approximate surface area is 92.6 Å². The second-order valence-electron chi connectivity index (χ2n) is 3.46. The molecule has 0 aliphatic carbocycles. The van der Waals surface area contributed by atoms with Crippen LogP contribution in [-0.2, 0) is 4.79 Å². The Bertz CT molecular complexity index is 443. The fourth-order valence-electron chi connectivity index (χ4n) is 1.25. The molecule has 0 aliphatic rings. The molecule has 0 heterocycles. The Morgan fingerprint density at radius 3 is 2.50 bits per heavy atom. The minimum atomic E-state index is -0.529. The molecule has 0 radical (unpaired) electrons. The van der Waals surface area contributed by atoms with Crippen LogP contribution >= 0.6 is 0 Å². The highest BCUT2D eigenvalue weighted by molar-refractivity contribution is 5.94. The second kappa shape index (κ2) is 4.71. The number of hydrogen-bond acceptors (Lipinski definition) is 4. The first-order chi connectivity index (χ1) is 7.45. The predicted octanol–water partition coefficient (Wildman–Crippen LogP) is 1.11. The number of carbonyl (C=O) groups excluding carboxylic acids is 1. The lowest BCUT2D eigenvalue weighted by atomic mass is 10.1. The van der Waals surface area contributed by atoms with Crippen LogP contribution in [0.3, 0.4) is 0 Å². The van der Waals surface area contributed by atoms with Gasteiger partial charge in [-0.15, -0.1) is 0 Å². The first kappa shape index (κ1) is 12.1. The van der Waals surface area contributed by atoms with Crippen molar-refractivity contribution in [3.05, 3.63) is 33.4 Å². The lowest BCUT2D eigenvalue weighted by Crippen LogP contribution is -2.22. The second-order valence-corrected chi connectivity index (χ2v) is 3.46. The summed E-state index contributed by atoms with van der Waals surface area (Å²) in [7, 11) is 0. The summed E-state index contributed by atoms with van der Waals surface area (Å²) < 4.78 is 0. The number of hydrogen-bond donors (Lipinski definition) is 2. The number of rotatable bonds is 3. The van der Waals surface area contributed by atoms with Crippen molar-refractivity contribution in [3.63, 3.8) is 0 Å². The lowest BCUT2D eigenvalue weighted by Gasteiger charge is -2.07. The molecule has 1 rings (SSSR count). The Hall–Kier alpha value is -1.95. The summed E-state index contributed by atoms with van der Waals surface area (Å²) in [5.74, 6) is -0.452. The zero-order valence-corrected chi connectivity index (χ0v) is 9.11. The monoisotopic (exact) mass is 223 g/mol. The minimum absolute atomic E-state index is 0.120. The molecule has 0 atom stereocenters. The van der Waals surface area contributed by atoms with E-state index in [0.717, 1.165) is 11.1 Å². The van der Waals surface area contributed by atoms with Crippen molar-refractivity contribution in [3.8, 4) is 0 Å². The van der Waals surface area contributed by atoms with Gasteiger partial charge in [-0.05, 0) is 31.0 Å². The van der Waals surface area contributed by atoms with Crippen molar-refractivity contribution in [2.24, 2.45) is 5.73 Å². The van der Waals surface area contributed by atoms with Crippen LogP contribution in [0.1, 0.15) is 11.1 Å². The van der Waals surface area contributed by atoms with E-state index < -0.39 is 10.8 Å². The molecule has 1 amide bonds. The topological polar surface area (TPSA) is 98.3 Å². The van der Waals surface area contributed by atoms with Gasteiger partial charge < -0.3 is 11.1 Å². The third-order valence-electron chi connectivity index (χ3n) is 2.27. The number of nitrogens with zero attached hydrogens (tertiary/aromatic N) is 1. The Morgan fingerprint density at radius 1 is 1.44 bits per heavy atom. The first-order valence-electron chi connectivity index (χ1n) is 4.71. The molecular weight excluding hydrogens is 210 g/mol. The van der Waals surface area contributed by atoms with E-state index in [4.69, 9.17) is 5.73 Å². The molecule has 6 nitrogen and oxygen atoms in total. The molecule has 0 saturated carbocycles. The van der Waals surface area contributed by atoms with E-state index in [1.165, 1.54) is 6.07 Å². The molecule has 86 valence electrons. The van der Waals surface area contributed by atoms with Gasteiger partial charge in [-0.1, -0.05) is 0 Å². The van der Waals surface area contributed by atoms with Crippen LogP contribution in [0.15, 0.2) is 12.1 Å². The average molecular weight is 223 g/mol. The van der Waals surface area contributed by atoms with Crippen LogP contribution in [0.25, 0.3) is 0 Å². The maximum atomic E-state index is 11.1. The zero-order chi connectivity index (χ0) is 12.3. The summed E-state index contributed by atoms with van der Waals surface area (Å²) >= 11 is 0. The van der Waals surface area contributed by atoms with Crippen molar-refractivity contribution in [1.29, 1.82) is 0 Å². The smallest absolute Gasteiger partial charge is 0.293 e. The molecule has 3 N–H and O–H groups in total. The van der Waals surface area contributed by atoms with Gasteiger partial charge in [-0.2, -0.15) is 0 Å². The normalized spacial score (nSPS) is 9.94. The standard InChI is InChI=1S/C10H13N3O3/c1-6-3-8(12-10(14)5-11)9(13(15)16)4-7(6)2/h3-4H,5,11H2,1-2H3,(H,12,14). The molecule has 0 fully saturated rings. The van der Waals surface area contributed by atoms with Gasteiger partial charge in [0.1, 0.15) is 5.69 Å². The van der Waals surface area contributed by atoms with E-state index >= 15 is 0 Å². The van der Waals surface area contributed by atoms with E-state index in [1.54, 1.807) is 13.0 Å². The van der Waals surface area contributed by atoms with Crippen LogP contribution < -0.4 is 11.1 Å². The van der Waals surface area contributed by atoms with Crippen molar-refractivity contribution >= 4 is 17.3 Å². The molecule has 0 aromatic heterocycles. The first-order valence-corrected chi connectivity index (χ1v) is 4.71. The van der Waals surface area contributed by atoms with Gasteiger partial charge in [-0.25, -0.2) is 0 Å². The summed E-state index contributed by atoms with van der Waals surface area (Å²) in [4.78, 5) is 21.3. The summed E-state index contributed by atoms with van der Waals surface area (Å²) in [5.41, 5.74) is 6.87. The van der Waals surface area contributed by atoms with Crippen LogP contribution in [0.2, 0.25) is 0 Å². The quantitative estimate of drug-likeness (QED) is 0.592. The number of anilines is 1. The van der Waals surface area contributed by atoms with Crippen molar-refractivity contribution in [2.75, 3.05) is 11.9 Å². The number of nitrogens with two attached hydrogens (primary N) is 1. The zero-order valence-electron chi connectivity index (χ0n) is 9.11. The summed E-state index contributed by atoms with van der Waals surface area (Å²) in [6, 6.07) is 3.00. The molecule has 6 heteroatoms. The predicted molar refractivity (Wildman–Crippen MR) is 60.3 cm³/mol. The molecule has 0 aliphatic heterocycles. The number of nitro benzene ring substituents is 1. The SMILES string of the molecule is Cc1cc(NC(=O)CN)c([N+](=O)[O-])cc1C. The summed E-state index contributed by atoms with van der Waals surface area (Å²) in [6.45, 7) is 3.39. The van der Waals surface area contributed by atoms with E-state index in [2.05, 4.69) is 5.32 Å². The molecule has 0 saturated heterocycles. The van der Waals surface area contributed by atoms with Gasteiger partial charge >= 0.3 is 0 Å². The maximum absolute atomic E-state index is 11.1. The van der Waals surface area contributed by atoms with Crippen molar-refractivity contribution in [1.82, 2.24) is 0 Å². The number of benzene rings is 1. The van der Waals surface area contributed by atoms with Gasteiger partial charge in [0, 0.05) is 6.07 Å². The highest BCUT2D eigenvalue weighted by atomic mass is 16.6. The molecule has 1 aromatic rings. The van der Waals surface area contributed by atoms with Crippen LogP contribution in [-0.4, -0.2) is 17.4 Å². The van der Waals surface area contributed by atoms with Gasteiger partial charge in [0.05, 0.1) is 11.5 Å². The number of aryl methyl sites for hydroxylation is 2. The van der Waals surface area contributed by atoms with Crippen LogP contribution in [0.4, 0.5) is 11.4 Å². The van der Waals surface area contributed by atoms with Gasteiger partial charge in [0.2, 0.25) is 5.91 Å². The molecule has 1 aromatic carbocycles. The lowest BCUT2D eigenvalue weighted by molar-refractivity contribution is -0.384. The number of amides is 1. The summed E-state index contributed by atoms with van der Waals surface area (Å²) in [6.07, 6.45) is 0. The number of nitrogens with one attached hydrogen (secondary N) is 1. The number of carbonyl (C=O) groups is 1. The molecular formula is C10H13N3O3. The van der Waals surface area contributed by atoms with E-state index in [0.29, 0.717) is 0 Å². The highest BCUT2D eigenvalue weighted by Gasteiger charge is 2.16. The largest absolute Gasteiger partial charge is 0.322 e. The van der Waals surface area contributed by atoms with Crippen molar-refractivity contribution < 1.29 is 9.72 Å². The average Bonchev–Trinajstić information content (AvgIpc) is 2.22. The van der Waals surface area contributed by atoms with Crippen molar-refractivity contribution in [2.45, 2.75) is 13.8 Å². The van der Waals surface area contributed by atoms with E-state index in [-0.39, 0.29) is 17.9 Å². The van der Waals surface area contributed by atoms with E-state index in [9.17, 15) is 14.9 Å². The van der Waals surface area contributed by atoms with E-state index in [1.807, 2.05) is 6.92 Å². The Morgan fingerprint density at radius 2 is 2.00 bits per heavy atom. The third kappa shape index (κ3) is 2.54. The van der Waals surface area contributed by atoms with Gasteiger partial charge in [0.25, 0.3) is 5.69 Å². The molecule has 0 unspecified atom stereocenters. The Kier molecular flexibility index (Phi) is 3.57. The minimum Gasteiger partial charge on any atom is -0.322 e. The Balaban J connectivity index is 3.19. The fraction of sp³-hybridized carbons (Fsp3) is 0.300. The number of nitro groups is 1. The molecule has 16 heavy (non-hydrogen) atoms. The van der Waals surface area contributed by atoms with Gasteiger partial charge in [0.15, 0.2) is 0 Å². The van der Waals surface area contributed by atoms with Crippen LogP contribution in [0.5, 0.6) is 0 Å². The molecule has 0 bridgehead atoms. The highest BCUT2D eigenvalue weighted by Crippen LogP contribution is 2.27. The van der Waals surface area contributed by atoms with Gasteiger partial charge in [-0.3, -0.25) is 14.9 Å². The molecule has 0 spiro atoms. The summed E-state index contributed by atoms with van der Waals surface area (Å²) in [5, 5.41) is 13.2.